The fourth-order valence-electron chi connectivity index (χ4n) is 4.06. The molecule has 2 aromatic rings. The Hall–Kier alpha value is -2.05. The molecule has 2 aliphatic rings. The lowest BCUT2D eigenvalue weighted by Crippen LogP contribution is -2.40. The summed E-state index contributed by atoms with van der Waals surface area (Å²) in [5.41, 5.74) is 1.59. The first kappa shape index (κ1) is 17.4. The van der Waals surface area contributed by atoms with Gasteiger partial charge in [0.15, 0.2) is 0 Å². The third-order valence-corrected chi connectivity index (χ3v) is 5.34. The Morgan fingerprint density at radius 3 is 2.54 bits per heavy atom. The lowest BCUT2D eigenvalue weighted by molar-refractivity contribution is -0.138. The number of aliphatic hydroxyl groups excluding tert-OH is 1. The second-order valence-corrected chi connectivity index (χ2v) is 6.93. The molecular formula is C20H20F3NO2. The number of anilines is 1. The van der Waals surface area contributed by atoms with E-state index in [0.29, 0.717) is 17.7 Å². The highest BCUT2D eigenvalue weighted by Crippen LogP contribution is 2.51. The van der Waals surface area contributed by atoms with Gasteiger partial charge >= 0.3 is 6.18 Å². The summed E-state index contributed by atoms with van der Waals surface area (Å²) in [4.78, 5) is 0. The Morgan fingerprint density at radius 1 is 1.08 bits per heavy atom. The van der Waals surface area contributed by atoms with Gasteiger partial charge in [0, 0.05) is 17.2 Å². The third-order valence-electron chi connectivity index (χ3n) is 5.34. The highest BCUT2D eigenvalue weighted by atomic mass is 19.4. The molecule has 3 unspecified atom stereocenters. The number of hydrogen-bond donors (Lipinski definition) is 2. The van der Waals surface area contributed by atoms with Gasteiger partial charge < -0.3 is 15.2 Å². The summed E-state index contributed by atoms with van der Waals surface area (Å²) < 4.78 is 45.5. The lowest BCUT2D eigenvalue weighted by atomic mass is 9.76. The molecule has 0 saturated carbocycles. The zero-order chi connectivity index (χ0) is 18.3. The molecule has 4 rings (SSSR count). The Bertz CT molecular complexity index is 778. The number of rotatable bonds is 2. The number of hydrogen-bond acceptors (Lipinski definition) is 3. The van der Waals surface area contributed by atoms with E-state index >= 15 is 0 Å². The van der Waals surface area contributed by atoms with Crippen LogP contribution in [0, 0.1) is 5.92 Å². The molecule has 0 bridgehead atoms. The average molecular weight is 363 g/mol. The van der Waals surface area contributed by atoms with Crippen LogP contribution in [0.5, 0.6) is 0 Å². The number of halogens is 3. The number of fused-ring (bicyclic) bond motifs is 3. The first-order chi connectivity index (χ1) is 12.5. The van der Waals surface area contributed by atoms with Crippen molar-refractivity contribution < 1.29 is 23.0 Å². The molecule has 1 fully saturated rings. The van der Waals surface area contributed by atoms with Crippen molar-refractivity contribution in [3.8, 4) is 0 Å². The van der Waals surface area contributed by atoms with Gasteiger partial charge in [-0.2, -0.15) is 13.2 Å². The van der Waals surface area contributed by atoms with Gasteiger partial charge in [0.05, 0.1) is 30.4 Å². The second-order valence-electron chi connectivity index (χ2n) is 6.93. The van der Waals surface area contributed by atoms with Gasteiger partial charge in [-0.1, -0.05) is 30.3 Å². The van der Waals surface area contributed by atoms with E-state index in [9.17, 15) is 18.3 Å². The Morgan fingerprint density at radius 2 is 1.85 bits per heavy atom. The van der Waals surface area contributed by atoms with Gasteiger partial charge in [0.2, 0.25) is 0 Å². The topological polar surface area (TPSA) is 41.5 Å². The summed E-state index contributed by atoms with van der Waals surface area (Å²) in [5.74, 6) is 0.0104. The lowest BCUT2D eigenvalue weighted by Gasteiger charge is -2.45. The number of ether oxygens (including phenoxy) is 1. The smallest absolute Gasteiger partial charge is 0.394 e. The molecule has 2 aliphatic heterocycles. The standard InChI is InChI=1S/C20H20F3NO2/c21-20(22,23)13-6-9-17-16(10-13)19-15(8-7-14(11-25)26-19)18(24-17)12-4-2-1-3-5-12/h1-6,9-10,14-15,18-19,24-25H,7-8,11H2/t14?,15?,18-,19?/m0/s1. The molecule has 2 aromatic carbocycles. The maximum Gasteiger partial charge on any atom is 0.416 e. The third kappa shape index (κ3) is 3.08. The fraction of sp³-hybridized carbons (Fsp3) is 0.400. The van der Waals surface area contributed by atoms with E-state index in [1.807, 2.05) is 30.3 Å². The number of alkyl halides is 3. The molecule has 0 radical (unpaired) electrons. The predicted octanol–water partition coefficient (Wildman–Crippen LogP) is 4.70. The summed E-state index contributed by atoms with van der Waals surface area (Å²) in [6, 6.07) is 13.6. The van der Waals surface area contributed by atoms with Gasteiger partial charge in [-0.05, 0) is 36.6 Å². The van der Waals surface area contributed by atoms with Crippen molar-refractivity contribution in [2.75, 3.05) is 11.9 Å². The summed E-state index contributed by atoms with van der Waals surface area (Å²) in [7, 11) is 0. The predicted molar refractivity (Wildman–Crippen MR) is 91.7 cm³/mol. The molecule has 3 nitrogen and oxygen atoms in total. The molecule has 2 heterocycles. The molecular weight excluding hydrogens is 343 g/mol. The summed E-state index contributed by atoms with van der Waals surface area (Å²) in [6.07, 6.45) is -3.74. The first-order valence-corrected chi connectivity index (χ1v) is 8.76. The van der Waals surface area contributed by atoms with Crippen LogP contribution in [0.15, 0.2) is 48.5 Å². The van der Waals surface area contributed by atoms with Crippen LogP contribution < -0.4 is 5.32 Å². The minimum absolute atomic E-state index is 0.0104. The quantitative estimate of drug-likeness (QED) is 0.813. The largest absolute Gasteiger partial charge is 0.416 e. The van der Waals surface area contributed by atoms with E-state index < -0.39 is 17.8 Å². The van der Waals surface area contributed by atoms with Crippen molar-refractivity contribution in [1.82, 2.24) is 0 Å². The SMILES string of the molecule is OCC1CCC2C(O1)c1cc(C(F)(F)F)ccc1N[C@H]2c1ccccc1. The van der Waals surface area contributed by atoms with E-state index in [4.69, 9.17) is 4.74 Å². The highest BCUT2D eigenvalue weighted by molar-refractivity contribution is 5.58. The van der Waals surface area contributed by atoms with Gasteiger partial charge in [-0.25, -0.2) is 0 Å². The van der Waals surface area contributed by atoms with Gasteiger partial charge in [-0.15, -0.1) is 0 Å². The van der Waals surface area contributed by atoms with Gasteiger partial charge in [0.25, 0.3) is 0 Å². The minimum atomic E-state index is -4.40. The Labute approximate surface area is 149 Å². The van der Waals surface area contributed by atoms with Crippen LogP contribution in [0.4, 0.5) is 18.9 Å². The summed E-state index contributed by atoms with van der Waals surface area (Å²) in [6.45, 7) is -0.124. The van der Waals surface area contributed by atoms with Crippen molar-refractivity contribution in [3.05, 3.63) is 65.2 Å². The van der Waals surface area contributed by atoms with Crippen LogP contribution in [-0.4, -0.2) is 17.8 Å². The fourth-order valence-corrected chi connectivity index (χ4v) is 4.06. The highest BCUT2D eigenvalue weighted by Gasteiger charge is 2.43. The number of aliphatic hydroxyl groups is 1. The molecule has 0 aliphatic carbocycles. The molecule has 0 spiro atoms. The van der Waals surface area contributed by atoms with E-state index in [2.05, 4.69) is 5.32 Å². The van der Waals surface area contributed by atoms with E-state index in [1.54, 1.807) is 0 Å². The maximum atomic E-state index is 13.2. The van der Waals surface area contributed by atoms with Gasteiger partial charge in [-0.3, -0.25) is 0 Å². The number of benzene rings is 2. The first-order valence-electron chi connectivity index (χ1n) is 8.76. The molecule has 26 heavy (non-hydrogen) atoms. The van der Waals surface area contributed by atoms with Crippen molar-refractivity contribution in [1.29, 1.82) is 0 Å². The van der Waals surface area contributed by atoms with Crippen molar-refractivity contribution in [3.63, 3.8) is 0 Å². The van der Waals surface area contributed by atoms with Crippen LogP contribution in [0.1, 0.15) is 41.7 Å². The maximum absolute atomic E-state index is 13.2. The Balaban J connectivity index is 1.77. The molecule has 0 amide bonds. The molecule has 6 heteroatoms. The zero-order valence-corrected chi connectivity index (χ0v) is 14.0. The molecule has 1 saturated heterocycles. The summed E-state index contributed by atoms with van der Waals surface area (Å²) in [5, 5.41) is 12.9. The van der Waals surface area contributed by atoms with Crippen LogP contribution in [0.25, 0.3) is 0 Å². The average Bonchev–Trinajstić information content (AvgIpc) is 2.66. The molecule has 2 N–H and O–H groups in total. The van der Waals surface area contributed by atoms with Crippen molar-refractivity contribution >= 4 is 5.69 Å². The normalized spacial score (nSPS) is 28.0. The van der Waals surface area contributed by atoms with Crippen LogP contribution >= 0.6 is 0 Å². The number of nitrogens with one attached hydrogen (secondary N) is 1. The Kier molecular flexibility index (Phi) is 4.40. The van der Waals surface area contributed by atoms with E-state index in [-0.39, 0.29) is 24.7 Å². The molecule has 4 atom stereocenters. The van der Waals surface area contributed by atoms with Gasteiger partial charge in [0.1, 0.15) is 0 Å². The van der Waals surface area contributed by atoms with Crippen LogP contribution in [0.2, 0.25) is 0 Å². The molecule has 138 valence electrons. The second kappa shape index (κ2) is 6.59. The van der Waals surface area contributed by atoms with E-state index in [1.165, 1.54) is 12.1 Å². The van der Waals surface area contributed by atoms with Crippen molar-refractivity contribution in [2.24, 2.45) is 5.92 Å². The monoisotopic (exact) mass is 363 g/mol. The molecule has 0 aromatic heterocycles. The van der Waals surface area contributed by atoms with Crippen LogP contribution in [-0.2, 0) is 10.9 Å². The van der Waals surface area contributed by atoms with Crippen LogP contribution in [0.3, 0.4) is 0 Å². The minimum Gasteiger partial charge on any atom is -0.394 e. The summed E-state index contributed by atoms with van der Waals surface area (Å²) >= 11 is 0. The van der Waals surface area contributed by atoms with E-state index in [0.717, 1.165) is 18.1 Å². The zero-order valence-electron chi connectivity index (χ0n) is 14.0. The van der Waals surface area contributed by atoms with Crippen molar-refractivity contribution in [2.45, 2.75) is 37.3 Å².